The molecule has 0 unspecified atom stereocenters. The highest BCUT2D eigenvalue weighted by molar-refractivity contribution is 6.07. The third-order valence-corrected chi connectivity index (χ3v) is 8.54. The largest absolute Gasteiger partial charge is 0.376 e. The van der Waals surface area contributed by atoms with Crippen molar-refractivity contribution in [2.24, 2.45) is 5.92 Å². The molecule has 2 atom stereocenters. The van der Waals surface area contributed by atoms with Crippen LogP contribution in [-0.2, 0) is 25.3 Å². The van der Waals surface area contributed by atoms with Gasteiger partial charge >= 0.3 is 6.03 Å². The quantitative estimate of drug-likeness (QED) is 0.632. The van der Waals surface area contributed by atoms with E-state index in [4.69, 9.17) is 4.74 Å². The van der Waals surface area contributed by atoms with E-state index < -0.39 is 11.0 Å². The molecule has 6 rings (SSSR count). The molecule has 8 nitrogen and oxygen atoms in total. The zero-order chi connectivity index (χ0) is 24.8. The van der Waals surface area contributed by atoms with Gasteiger partial charge in [0.15, 0.2) is 5.54 Å². The molecule has 4 fully saturated rings. The van der Waals surface area contributed by atoms with Crippen LogP contribution in [0.25, 0.3) is 0 Å². The lowest BCUT2D eigenvalue weighted by Crippen LogP contribution is -2.55. The van der Waals surface area contributed by atoms with Crippen LogP contribution in [0.4, 0.5) is 4.79 Å². The summed E-state index contributed by atoms with van der Waals surface area (Å²) >= 11 is 0. The summed E-state index contributed by atoms with van der Waals surface area (Å²) in [5.41, 5.74) is 0.221. The lowest BCUT2D eigenvalue weighted by molar-refractivity contribution is -0.138. The van der Waals surface area contributed by atoms with E-state index in [2.05, 4.69) is 10.3 Å². The first-order valence-corrected chi connectivity index (χ1v) is 13.1. The van der Waals surface area contributed by atoms with Crippen LogP contribution in [0.5, 0.6) is 0 Å². The second-order valence-corrected chi connectivity index (χ2v) is 10.5. The molecule has 4 heterocycles. The zero-order valence-electron chi connectivity index (χ0n) is 20.4. The Bertz CT molecular complexity index is 1140. The number of carbonyl (C=O) groups excluding carboxylic acids is 3. The third kappa shape index (κ3) is 3.70. The number of amides is 4. The van der Waals surface area contributed by atoms with Gasteiger partial charge in [0, 0.05) is 37.7 Å². The number of benzene rings is 1. The average Bonchev–Trinajstić information content (AvgIpc) is 3.50. The Balaban J connectivity index is 1.23. The monoisotopic (exact) mass is 488 g/mol. The molecule has 1 saturated carbocycles. The van der Waals surface area contributed by atoms with Crippen molar-refractivity contribution in [2.45, 2.75) is 55.6 Å². The van der Waals surface area contributed by atoms with E-state index in [0.29, 0.717) is 38.1 Å². The van der Waals surface area contributed by atoms with Crippen LogP contribution < -0.4 is 5.32 Å². The van der Waals surface area contributed by atoms with E-state index in [-0.39, 0.29) is 36.4 Å². The molecule has 4 amide bonds. The highest BCUT2D eigenvalue weighted by Crippen LogP contribution is 2.50. The van der Waals surface area contributed by atoms with Gasteiger partial charge < -0.3 is 15.0 Å². The van der Waals surface area contributed by atoms with Crippen molar-refractivity contribution in [3.8, 4) is 0 Å². The predicted molar refractivity (Wildman–Crippen MR) is 132 cm³/mol. The number of hydrogen-bond acceptors (Lipinski definition) is 5. The number of imide groups is 1. The smallest absolute Gasteiger partial charge is 0.325 e. The molecule has 1 aromatic heterocycles. The lowest BCUT2D eigenvalue weighted by atomic mass is 9.73. The molecule has 1 aliphatic carbocycles. The Morgan fingerprint density at radius 3 is 2.42 bits per heavy atom. The van der Waals surface area contributed by atoms with Crippen LogP contribution in [0.3, 0.4) is 0 Å². The number of urea groups is 1. The molecule has 3 aliphatic heterocycles. The molecule has 2 aromatic rings. The molecule has 4 aliphatic rings. The van der Waals surface area contributed by atoms with Crippen LogP contribution in [0.1, 0.15) is 49.7 Å². The van der Waals surface area contributed by atoms with E-state index in [1.54, 1.807) is 18.5 Å². The van der Waals surface area contributed by atoms with E-state index in [1.165, 1.54) is 4.90 Å². The van der Waals surface area contributed by atoms with Gasteiger partial charge in [0.1, 0.15) is 0 Å². The second-order valence-electron chi connectivity index (χ2n) is 10.5. The molecule has 36 heavy (non-hydrogen) atoms. The minimum Gasteiger partial charge on any atom is -0.376 e. The van der Waals surface area contributed by atoms with E-state index in [0.717, 1.165) is 31.2 Å². The van der Waals surface area contributed by atoms with Gasteiger partial charge in [-0.25, -0.2) is 4.79 Å². The van der Waals surface area contributed by atoms with Gasteiger partial charge in [-0.1, -0.05) is 36.4 Å². The van der Waals surface area contributed by atoms with Crippen molar-refractivity contribution >= 4 is 17.8 Å². The number of nitrogens with one attached hydrogen (secondary N) is 1. The molecule has 1 aromatic carbocycles. The van der Waals surface area contributed by atoms with Crippen LogP contribution in [0, 0.1) is 5.92 Å². The fourth-order valence-corrected chi connectivity index (χ4v) is 6.38. The second kappa shape index (κ2) is 9.00. The van der Waals surface area contributed by atoms with Crippen LogP contribution in [0.15, 0.2) is 54.9 Å². The molecule has 188 valence electrons. The Morgan fingerprint density at radius 2 is 1.78 bits per heavy atom. The van der Waals surface area contributed by atoms with Crippen molar-refractivity contribution < 1.29 is 19.1 Å². The Labute approximate surface area is 211 Å². The summed E-state index contributed by atoms with van der Waals surface area (Å²) in [6.45, 7) is 2.06. The molecular weight excluding hydrogens is 456 g/mol. The molecular formula is C28H32N4O4. The topological polar surface area (TPSA) is 91.8 Å². The lowest BCUT2D eigenvalue weighted by Gasteiger charge is -2.41. The average molecular weight is 489 g/mol. The number of rotatable bonds is 6. The highest BCUT2D eigenvalue weighted by atomic mass is 16.5. The summed E-state index contributed by atoms with van der Waals surface area (Å²) in [6, 6.07) is 13.3. The van der Waals surface area contributed by atoms with Crippen molar-refractivity contribution in [2.75, 3.05) is 26.2 Å². The van der Waals surface area contributed by atoms with E-state index in [9.17, 15) is 14.4 Å². The summed E-state index contributed by atoms with van der Waals surface area (Å²) in [6.07, 6.45) is 8.04. The van der Waals surface area contributed by atoms with E-state index in [1.807, 2.05) is 41.3 Å². The molecule has 0 radical (unpaired) electrons. The number of piperidine rings is 1. The first kappa shape index (κ1) is 23.2. The van der Waals surface area contributed by atoms with Gasteiger partial charge in [-0.3, -0.25) is 19.5 Å². The highest BCUT2D eigenvalue weighted by Gasteiger charge is 2.59. The number of hydrogen-bond donors (Lipinski definition) is 1. The predicted octanol–water partition coefficient (Wildman–Crippen LogP) is 2.98. The van der Waals surface area contributed by atoms with Crippen molar-refractivity contribution in [3.63, 3.8) is 0 Å². The maximum absolute atomic E-state index is 14.0. The summed E-state index contributed by atoms with van der Waals surface area (Å²) in [5.74, 6) is -0.184. The van der Waals surface area contributed by atoms with Crippen molar-refractivity contribution in [3.05, 3.63) is 66.0 Å². The van der Waals surface area contributed by atoms with E-state index >= 15 is 0 Å². The van der Waals surface area contributed by atoms with Gasteiger partial charge in [0.2, 0.25) is 5.91 Å². The molecule has 0 bridgehead atoms. The Kier molecular flexibility index (Phi) is 5.79. The number of nitrogens with zero attached hydrogens (tertiary/aromatic N) is 3. The molecule has 1 N–H and O–H groups in total. The molecule has 8 heteroatoms. The maximum Gasteiger partial charge on any atom is 0.325 e. The number of likely N-dealkylation sites (tertiary alicyclic amines) is 1. The van der Waals surface area contributed by atoms with Gasteiger partial charge in [-0.15, -0.1) is 0 Å². The van der Waals surface area contributed by atoms with Crippen LogP contribution >= 0.6 is 0 Å². The zero-order valence-corrected chi connectivity index (χ0v) is 20.4. The standard InChI is InChI=1S/C28H32N4O4/c33-24(27(12-13-27)20-6-2-1-3-7-20)31-15-10-21(11-16-31)28(22-8-4-14-29-18-22)25(34)32(26(35)30-28)19-23-9-5-17-36-23/h1-4,6-8,14,18,21,23H,5,9-13,15-17,19H2,(H,30,35)/t23-,28+/m0/s1. The van der Waals surface area contributed by atoms with Crippen molar-refractivity contribution in [1.29, 1.82) is 0 Å². The summed E-state index contributed by atoms with van der Waals surface area (Å²) in [7, 11) is 0. The normalized spacial score (nSPS) is 27.8. The fourth-order valence-electron chi connectivity index (χ4n) is 6.38. The summed E-state index contributed by atoms with van der Waals surface area (Å²) in [4.78, 5) is 48.2. The van der Waals surface area contributed by atoms with Gasteiger partial charge in [-0.2, -0.15) is 0 Å². The van der Waals surface area contributed by atoms with Crippen molar-refractivity contribution in [1.82, 2.24) is 20.1 Å². The van der Waals surface area contributed by atoms with Gasteiger partial charge in [0.05, 0.1) is 18.1 Å². The minimum absolute atomic E-state index is 0.114. The first-order valence-electron chi connectivity index (χ1n) is 13.1. The maximum atomic E-state index is 14.0. The van der Waals surface area contributed by atoms with Crippen LogP contribution in [0.2, 0.25) is 0 Å². The molecule has 0 spiro atoms. The summed E-state index contributed by atoms with van der Waals surface area (Å²) < 4.78 is 5.72. The molecule has 3 saturated heterocycles. The fraction of sp³-hybridized carbons (Fsp3) is 0.500. The Morgan fingerprint density at radius 1 is 1.03 bits per heavy atom. The number of aromatic nitrogens is 1. The number of pyridine rings is 1. The number of carbonyl (C=O) groups is 3. The minimum atomic E-state index is -1.17. The summed E-state index contributed by atoms with van der Waals surface area (Å²) in [5, 5.41) is 3.08. The van der Waals surface area contributed by atoms with Gasteiger partial charge in [0.25, 0.3) is 5.91 Å². The SMILES string of the molecule is O=C1N[C@@](c2cccnc2)(C2CCN(C(=O)C3(c4ccccc4)CC3)CC2)C(=O)N1C[C@@H]1CCCO1. The number of ether oxygens (including phenoxy) is 1. The van der Waals surface area contributed by atoms with Gasteiger partial charge in [-0.05, 0) is 56.1 Å². The third-order valence-electron chi connectivity index (χ3n) is 8.54. The Hall–Kier alpha value is -3.26. The van der Waals surface area contributed by atoms with Crippen LogP contribution in [-0.4, -0.2) is 65.0 Å². The first-order chi connectivity index (χ1) is 17.5.